The number of nitrogens with zero attached hydrogens (tertiary/aromatic N) is 3. The summed E-state index contributed by atoms with van der Waals surface area (Å²) in [4.78, 5) is 17.7. The summed E-state index contributed by atoms with van der Waals surface area (Å²) in [5, 5.41) is 4.39. The van der Waals surface area contributed by atoms with E-state index >= 15 is 0 Å². The SMILES string of the molecule is CCCOc1ccc(-c2nc3sc(=Cc4cccc(Br)c4)c(=O)n3n2)cc1. The fourth-order valence-corrected chi connectivity index (χ4v) is 3.95. The lowest BCUT2D eigenvalue weighted by molar-refractivity contribution is 0.317. The third kappa shape index (κ3) is 3.79. The molecule has 0 fully saturated rings. The molecule has 136 valence electrons. The van der Waals surface area contributed by atoms with Gasteiger partial charge in [0.1, 0.15) is 5.75 Å². The van der Waals surface area contributed by atoms with Crippen molar-refractivity contribution in [3.63, 3.8) is 0 Å². The normalized spacial score (nSPS) is 12.0. The zero-order valence-electron chi connectivity index (χ0n) is 14.6. The van der Waals surface area contributed by atoms with Crippen molar-refractivity contribution in [2.75, 3.05) is 6.61 Å². The topological polar surface area (TPSA) is 56.5 Å². The molecule has 0 unspecified atom stereocenters. The molecule has 5 nitrogen and oxygen atoms in total. The second-order valence-electron chi connectivity index (χ2n) is 5.97. The molecule has 0 aliphatic rings. The summed E-state index contributed by atoms with van der Waals surface area (Å²) in [6.07, 6.45) is 2.82. The van der Waals surface area contributed by atoms with Crippen molar-refractivity contribution < 1.29 is 4.74 Å². The molecule has 4 aromatic rings. The van der Waals surface area contributed by atoms with Crippen molar-refractivity contribution >= 4 is 38.3 Å². The number of fused-ring (bicyclic) bond motifs is 1. The molecule has 2 aromatic carbocycles. The van der Waals surface area contributed by atoms with Crippen LogP contribution in [-0.2, 0) is 0 Å². The average molecular weight is 442 g/mol. The highest BCUT2D eigenvalue weighted by Crippen LogP contribution is 2.20. The molecule has 0 amide bonds. The maximum Gasteiger partial charge on any atom is 0.291 e. The van der Waals surface area contributed by atoms with Gasteiger partial charge in [0, 0.05) is 10.0 Å². The van der Waals surface area contributed by atoms with E-state index in [0.717, 1.165) is 27.8 Å². The fraction of sp³-hybridized carbons (Fsp3) is 0.150. The van der Waals surface area contributed by atoms with E-state index in [1.807, 2.05) is 54.6 Å². The van der Waals surface area contributed by atoms with Crippen molar-refractivity contribution in [2.45, 2.75) is 13.3 Å². The van der Waals surface area contributed by atoms with Crippen LogP contribution in [0.25, 0.3) is 22.4 Å². The first-order valence-corrected chi connectivity index (χ1v) is 10.1. The number of ether oxygens (including phenoxy) is 1. The zero-order valence-corrected chi connectivity index (χ0v) is 17.0. The first-order chi connectivity index (χ1) is 13.1. The predicted molar refractivity (Wildman–Crippen MR) is 111 cm³/mol. The molecule has 0 aliphatic heterocycles. The monoisotopic (exact) mass is 441 g/mol. The first kappa shape index (κ1) is 17.9. The predicted octanol–water partition coefficient (Wildman–Crippen LogP) is 3.92. The summed E-state index contributed by atoms with van der Waals surface area (Å²) >= 11 is 4.78. The minimum atomic E-state index is -0.156. The molecule has 7 heteroatoms. The Bertz CT molecular complexity index is 1200. The summed E-state index contributed by atoms with van der Waals surface area (Å²) in [7, 11) is 0. The zero-order chi connectivity index (χ0) is 18.8. The van der Waals surface area contributed by atoms with Gasteiger partial charge in [0.05, 0.1) is 11.1 Å². The van der Waals surface area contributed by atoms with Crippen molar-refractivity contribution in [1.82, 2.24) is 14.6 Å². The van der Waals surface area contributed by atoms with E-state index in [-0.39, 0.29) is 5.56 Å². The number of hydrogen-bond donors (Lipinski definition) is 0. The van der Waals surface area contributed by atoms with Crippen molar-refractivity contribution in [2.24, 2.45) is 0 Å². The van der Waals surface area contributed by atoms with Crippen LogP contribution in [0.2, 0.25) is 0 Å². The third-order valence-corrected chi connectivity index (χ3v) is 5.37. The molecule has 2 aromatic heterocycles. The van der Waals surface area contributed by atoms with Gasteiger partial charge in [-0.25, -0.2) is 0 Å². The molecule has 2 heterocycles. The summed E-state index contributed by atoms with van der Waals surface area (Å²) in [5.74, 6) is 1.35. The highest BCUT2D eigenvalue weighted by Gasteiger charge is 2.12. The van der Waals surface area contributed by atoms with Crippen molar-refractivity contribution in [3.05, 3.63) is 73.5 Å². The van der Waals surface area contributed by atoms with E-state index in [9.17, 15) is 4.79 Å². The number of aromatic nitrogens is 3. The number of benzene rings is 2. The van der Waals surface area contributed by atoms with Crippen LogP contribution in [0, 0.1) is 0 Å². The van der Waals surface area contributed by atoms with Crippen molar-refractivity contribution in [3.8, 4) is 17.1 Å². The van der Waals surface area contributed by atoms with Gasteiger partial charge in [-0.3, -0.25) is 4.79 Å². The van der Waals surface area contributed by atoms with E-state index in [0.29, 0.717) is 21.9 Å². The summed E-state index contributed by atoms with van der Waals surface area (Å²) < 4.78 is 8.53. The van der Waals surface area contributed by atoms with Crippen LogP contribution in [0.4, 0.5) is 0 Å². The minimum Gasteiger partial charge on any atom is -0.494 e. The van der Waals surface area contributed by atoms with Gasteiger partial charge in [-0.05, 0) is 54.5 Å². The van der Waals surface area contributed by atoms with Gasteiger partial charge < -0.3 is 4.74 Å². The number of rotatable bonds is 5. The smallest absolute Gasteiger partial charge is 0.291 e. The Hall–Kier alpha value is -2.51. The molecule has 27 heavy (non-hydrogen) atoms. The molecule has 0 aliphatic carbocycles. The van der Waals surface area contributed by atoms with E-state index in [1.54, 1.807) is 0 Å². The standard InChI is InChI=1S/C20H16BrN3O2S/c1-2-10-26-16-8-6-14(7-9-16)18-22-20-24(23-18)19(25)17(27-20)12-13-4-3-5-15(21)11-13/h3-9,11-12H,2,10H2,1H3. The molecule has 4 rings (SSSR count). The Labute approximate surface area is 168 Å². The van der Waals surface area contributed by atoms with Crippen molar-refractivity contribution in [1.29, 1.82) is 0 Å². The number of thiazole rings is 1. The molecule has 0 bridgehead atoms. The van der Waals surface area contributed by atoms with Gasteiger partial charge in [-0.15, -0.1) is 5.10 Å². The maximum atomic E-state index is 12.6. The van der Waals surface area contributed by atoms with Gasteiger partial charge in [-0.1, -0.05) is 46.3 Å². The van der Waals surface area contributed by atoms with Crippen LogP contribution in [-0.4, -0.2) is 21.2 Å². The van der Waals surface area contributed by atoms with Gasteiger partial charge in [0.25, 0.3) is 5.56 Å². The molecular weight excluding hydrogens is 426 g/mol. The quantitative estimate of drug-likeness (QED) is 0.470. The minimum absolute atomic E-state index is 0.156. The molecule has 0 spiro atoms. The lowest BCUT2D eigenvalue weighted by Crippen LogP contribution is -2.23. The van der Waals surface area contributed by atoms with Crippen LogP contribution in [0.15, 0.2) is 57.8 Å². The highest BCUT2D eigenvalue weighted by molar-refractivity contribution is 9.10. The van der Waals surface area contributed by atoms with Gasteiger partial charge in [0.15, 0.2) is 5.82 Å². The van der Waals surface area contributed by atoms with Crippen LogP contribution in [0.3, 0.4) is 0 Å². The van der Waals surface area contributed by atoms with Gasteiger partial charge in [0.2, 0.25) is 4.96 Å². The van der Waals surface area contributed by atoms with Crippen LogP contribution in [0.5, 0.6) is 5.75 Å². The van der Waals surface area contributed by atoms with E-state index in [4.69, 9.17) is 4.74 Å². The Morgan fingerprint density at radius 1 is 1.22 bits per heavy atom. The molecular formula is C20H16BrN3O2S. The van der Waals surface area contributed by atoms with Crippen LogP contribution in [0.1, 0.15) is 18.9 Å². The number of halogens is 1. The molecule has 0 N–H and O–H groups in total. The van der Waals surface area contributed by atoms with Crippen LogP contribution < -0.4 is 14.8 Å². The largest absolute Gasteiger partial charge is 0.494 e. The second-order valence-corrected chi connectivity index (χ2v) is 7.90. The third-order valence-electron chi connectivity index (χ3n) is 3.91. The summed E-state index contributed by atoms with van der Waals surface area (Å²) in [5.41, 5.74) is 1.65. The highest BCUT2D eigenvalue weighted by atomic mass is 79.9. The lowest BCUT2D eigenvalue weighted by atomic mass is 10.2. The van der Waals surface area contributed by atoms with E-state index < -0.39 is 0 Å². The fourth-order valence-electron chi connectivity index (χ4n) is 2.62. The average Bonchev–Trinajstić information content (AvgIpc) is 3.20. The molecule has 0 radical (unpaired) electrons. The Kier molecular flexibility index (Phi) is 5.05. The number of hydrogen-bond acceptors (Lipinski definition) is 5. The Morgan fingerprint density at radius 2 is 2.04 bits per heavy atom. The first-order valence-electron chi connectivity index (χ1n) is 8.54. The molecule has 0 saturated carbocycles. The Morgan fingerprint density at radius 3 is 2.74 bits per heavy atom. The van der Waals surface area contributed by atoms with Crippen LogP contribution >= 0.6 is 27.3 Å². The van der Waals surface area contributed by atoms with E-state index in [2.05, 4.69) is 32.9 Å². The second kappa shape index (κ2) is 7.62. The molecule has 0 saturated heterocycles. The summed E-state index contributed by atoms with van der Waals surface area (Å²) in [6, 6.07) is 15.4. The van der Waals surface area contributed by atoms with Gasteiger partial charge in [-0.2, -0.15) is 9.50 Å². The Balaban J connectivity index is 1.67. The molecule has 0 atom stereocenters. The lowest BCUT2D eigenvalue weighted by Gasteiger charge is -2.04. The van der Waals surface area contributed by atoms with Gasteiger partial charge >= 0.3 is 0 Å². The summed E-state index contributed by atoms with van der Waals surface area (Å²) in [6.45, 7) is 2.76. The van der Waals surface area contributed by atoms with E-state index in [1.165, 1.54) is 15.9 Å². The maximum absolute atomic E-state index is 12.6.